The smallest absolute Gasteiger partial charge is 0.306 e. The molecule has 186 valence electrons. The summed E-state index contributed by atoms with van der Waals surface area (Å²) in [4.78, 5) is 38.1. The van der Waals surface area contributed by atoms with Gasteiger partial charge in [-0.3, -0.25) is 19.3 Å². The van der Waals surface area contributed by atoms with E-state index in [-0.39, 0.29) is 18.2 Å². The first-order chi connectivity index (χ1) is 17.5. The molecule has 2 aromatic carbocycles. The highest BCUT2D eigenvalue weighted by Gasteiger charge is 2.34. The van der Waals surface area contributed by atoms with Crippen LogP contribution in [0.3, 0.4) is 0 Å². The zero-order valence-electron chi connectivity index (χ0n) is 19.9. The Labute approximate surface area is 208 Å². The van der Waals surface area contributed by atoms with Crippen LogP contribution in [-0.2, 0) is 17.6 Å². The van der Waals surface area contributed by atoms with Gasteiger partial charge in [0, 0.05) is 35.9 Å². The highest BCUT2D eigenvalue weighted by Crippen LogP contribution is 2.33. The number of carboxylic acid groups (broad SMARTS) is 1. The monoisotopic (exact) mass is 488 g/mol. The Morgan fingerprint density at radius 2 is 1.78 bits per heavy atom. The molecule has 2 heterocycles. The number of carboxylic acids is 1. The van der Waals surface area contributed by atoms with Crippen molar-refractivity contribution in [1.82, 2.24) is 4.90 Å². The van der Waals surface area contributed by atoms with Crippen LogP contribution in [-0.4, -0.2) is 45.3 Å². The van der Waals surface area contributed by atoms with Crippen LogP contribution in [0.25, 0.3) is 11.0 Å². The van der Waals surface area contributed by atoms with E-state index in [1.165, 1.54) is 10.5 Å². The first kappa shape index (κ1) is 23.8. The van der Waals surface area contributed by atoms with Crippen LogP contribution in [0.4, 0.5) is 0 Å². The highest BCUT2D eigenvalue weighted by molar-refractivity contribution is 6.21. The number of fused-ring (bicyclic) bond motifs is 4. The first-order valence-electron chi connectivity index (χ1n) is 12.4. The third kappa shape index (κ3) is 4.39. The third-order valence-electron chi connectivity index (χ3n) is 7.26. The Bertz CT molecular complexity index is 1340. The van der Waals surface area contributed by atoms with Crippen molar-refractivity contribution in [3.05, 3.63) is 70.5 Å². The summed E-state index contributed by atoms with van der Waals surface area (Å²) in [5, 5.41) is 23.9. The van der Waals surface area contributed by atoms with Crippen LogP contribution in [0.1, 0.15) is 76.1 Å². The second kappa shape index (κ2) is 9.97. The van der Waals surface area contributed by atoms with E-state index in [0.717, 1.165) is 36.0 Å². The minimum absolute atomic E-state index is 0.0934. The van der Waals surface area contributed by atoms with Crippen molar-refractivity contribution in [2.45, 2.75) is 51.4 Å². The molecule has 36 heavy (non-hydrogen) atoms. The minimum Gasteiger partial charge on any atom is -0.481 e. The van der Waals surface area contributed by atoms with E-state index in [9.17, 15) is 24.7 Å². The fraction of sp³-hybridized carbons (Fsp3) is 0.357. The van der Waals surface area contributed by atoms with Crippen molar-refractivity contribution >= 4 is 34.5 Å². The van der Waals surface area contributed by atoms with E-state index in [4.69, 9.17) is 4.42 Å². The molecule has 3 aromatic rings. The summed E-state index contributed by atoms with van der Waals surface area (Å²) >= 11 is 0. The maximum Gasteiger partial charge on any atom is 0.306 e. The quantitative estimate of drug-likeness (QED) is 0.135. The summed E-state index contributed by atoms with van der Waals surface area (Å²) in [6.45, 7) is 0.306. The fourth-order valence-electron chi connectivity index (χ4n) is 5.32. The van der Waals surface area contributed by atoms with Crippen LogP contribution < -0.4 is 0 Å². The number of furan rings is 1. The molecule has 0 radical (unpaired) electrons. The lowest BCUT2D eigenvalue weighted by Crippen LogP contribution is -2.30. The van der Waals surface area contributed by atoms with E-state index < -0.39 is 11.9 Å². The van der Waals surface area contributed by atoms with E-state index in [1.54, 1.807) is 24.3 Å². The molecule has 0 spiro atoms. The molecule has 0 bridgehead atoms. The average Bonchev–Trinajstić information content (AvgIpc) is 3.54. The molecule has 5 rings (SSSR count). The molecule has 1 unspecified atom stereocenters. The number of oxime groups is 1. The summed E-state index contributed by atoms with van der Waals surface area (Å²) in [6, 6.07) is 12.4. The van der Waals surface area contributed by atoms with Gasteiger partial charge in [-0.25, -0.2) is 0 Å². The maximum absolute atomic E-state index is 12.5. The molecule has 1 aliphatic carbocycles. The Kier molecular flexibility index (Phi) is 6.59. The number of benzene rings is 2. The predicted octanol–water partition coefficient (Wildman–Crippen LogP) is 5.05. The number of rotatable bonds is 10. The summed E-state index contributed by atoms with van der Waals surface area (Å²) < 4.78 is 5.96. The molecule has 0 saturated carbocycles. The molecule has 1 aromatic heterocycles. The number of imide groups is 1. The molecule has 0 saturated heterocycles. The van der Waals surface area contributed by atoms with Crippen LogP contribution in [0.15, 0.2) is 52.0 Å². The van der Waals surface area contributed by atoms with Gasteiger partial charge in [-0.1, -0.05) is 42.3 Å². The van der Waals surface area contributed by atoms with Crippen LogP contribution >= 0.6 is 0 Å². The van der Waals surface area contributed by atoms with Gasteiger partial charge in [-0.15, -0.1) is 0 Å². The maximum atomic E-state index is 12.5. The molecule has 8 heteroatoms. The van der Waals surface area contributed by atoms with Crippen LogP contribution in [0, 0.1) is 5.92 Å². The third-order valence-corrected chi connectivity index (χ3v) is 7.26. The second-order valence-electron chi connectivity index (χ2n) is 9.51. The van der Waals surface area contributed by atoms with Gasteiger partial charge in [0.25, 0.3) is 11.8 Å². The molecule has 1 atom stereocenters. The summed E-state index contributed by atoms with van der Waals surface area (Å²) in [6.07, 6.45) is 5.39. The molecular weight excluding hydrogens is 460 g/mol. The molecule has 2 N–H and O–H groups in total. The number of carbonyl (C=O) groups is 3. The standard InChI is InChI=1S/C28H28N2O6/c31-26-21-8-3-4-9-22(21)27(32)30(26)14-5-1-2-7-18(28(33)34)15-23(29-35)17-12-13-20-19-10-6-11-24(19)36-25(20)16-17/h3-4,8-9,12-13,16,18,35H,1-2,5-7,10-11,14-15H2,(H,33,34). The first-order valence-corrected chi connectivity index (χ1v) is 12.4. The Hall–Kier alpha value is -3.94. The average molecular weight is 489 g/mol. The van der Waals surface area contributed by atoms with Crippen LogP contribution in [0.5, 0.6) is 0 Å². The zero-order valence-corrected chi connectivity index (χ0v) is 19.9. The number of unbranched alkanes of at least 4 members (excludes halogenated alkanes) is 2. The number of aryl methyl sites for hydroxylation is 2. The Morgan fingerprint density at radius 1 is 1.03 bits per heavy atom. The van der Waals surface area contributed by atoms with Gasteiger partial charge in [0.1, 0.15) is 11.3 Å². The molecular formula is C28H28N2O6. The van der Waals surface area contributed by atoms with E-state index in [2.05, 4.69) is 5.16 Å². The van der Waals surface area contributed by atoms with Crippen molar-refractivity contribution in [3.63, 3.8) is 0 Å². The number of hydrogen-bond donors (Lipinski definition) is 2. The Balaban J connectivity index is 1.15. The zero-order chi connectivity index (χ0) is 25.2. The molecule has 2 aliphatic rings. The highest BCUT2D eigenvalue weighted by atomic mass is 16.4. The Morgan fingerprint density at radius 3 is 2.47 bits per heavy atom. The lowest BCUT2D eigenvalue weighted by atomic mass is 9.92. The summed E-state index contributed by atoms with van der Waals surface area (Å²) in [5.74, 6) is -1.21. The normalized spacial score (nSPS) is 16.0. The van der Waals surface area contributed by atoms with Gasteiger partial charge in [0.2, 0.25) is 0 Å². The molecule has 1 aliphatic heterocycles. The lowest BCUT2D eigenvalue weighted by Gasteiger charge is -2.15. The SMILES string of the molecule is O=C(O)C(CCCCCN1C(=O)c2ccccc2C1=O)CC(=NO)c1ccc2c3c(oc2c1)CCC3. The van der Waals surface area contributed by atoms with Gasteiger partial charge < -0.3 is 14.7 Å². The lowest BCUT2D eigenvalue weighted by molar-refractivity contribution is -0.141. The largest absolute Gasteiger partial charge is 0.481 e. The summed E-state index contributed by atoms with van der Waals surface area (Å²) in [7, 11) is 0. The number of aliphatic carboxylic acids is 1. The summed E-state index contributed by atoms with van der Waals surface area (Å²) in [5.41, 5.74) is 3.80. The van der Waals surface area contributed by atoms with Crippen molar-refractivity contribution in [2.75, 3.05) is 6.54 Å². The molecule has 2 amide bonds. The predicted molar refractivity (Wildman–Crippen MR) is 133 cm³/mol. The molecule has 0 fully saturated rings. The van der Waals surface area contributed by atoms with Crippen LogP contribution in [0.2, 0.25) is 0 Å². The van der Waals surface area contributed by atoms with E-state index in [0.29, 0.717) is 54.6 Å². The van der Waals surface area contributed by atoms with Crippen molar-refractivity contribution in [3.8, 4) is 0 Å². The van der Waals surface area contributed by atoms with E-state index >= 15 is 0 Å². The van der Waals surface area contributed by atoms with Gasteiger partial charge in [0.15, 0.2) is 0 Å². The topological polar surface area (TPSA) is 120 Å². The number of hydrogen-bond acceptors (Lipinski definition) is 6. The minimum atomic E-state index is -0.949. The number of carbonyl (C=O) groups excluding carboxylic acids is 2. The van der Waals surface area contributed by atoms with Gasteiger partial charge in [0.05, 0.1) is 22.8 Å². The van der Waals surface area contributed by atoms with Gasteiger partial charge >= 0.3 is 5.97 Å². The molecule has 8 nitrogen and oxygen atoms in total. The second-order valence-corrected chi connectivity index (χ2v) is 9.51. The fourth-order valence-corrected chi connectivity index (χ4v) is 5.32. The van der Waals surface area contributed by atoms with Gasteiger partial charge in [-0.2, -0.15) is 0 Å². The van der Waals surface area contributed by atoms with Crippen molar-refractivity contribution in [1.29, 1.82) is 0 Å². The van der Waals surface area contributed by atoms with Gasteiger partial charge in [-0.05, 0) is 43.9 Å². The van der Waals surface area contributed by atoms with Crippen molar-refractivity contribution < 1.29 is 29.1 Å². The number of nitrogens with zero attached hydrogens (tertiary/aromatic N) is 2. The van der Waals surface area contributed by atoms with E-state index in [1.807, 2.05) is 18.2 Å². The number of amides is 2. The van der Waals surface area contributed by atoms with Crippen molar-refractivity contribution in [2.24, 2.45) is 11.1 Å².